The van der Waals surface area contributed by atoms with Crippen LogP contribution in [0.4, 0.5) is 18.9 Å². The monoisotopic (exact) mass is 658 g/mol. The van der Waals surface area contributed by atoms with E-state index >= 15 is 0 Å². The summed E-state index contributed by atoms with van der Waals surface area (Å²) in [4.78, 5) is 26.3. The second-order valence-electron chi connectivity index (χ2n) is 11.2. The molecule has 0 unspecified atom stereocenters. The summed E-state index contributed by atoms with van der Waals surface area (Å²) in [5.74, 6) is -4.03. The van der Waals surface area contributed by atoms with Crippen LogP contribution in [0.1, 0.15) is 23.0 Å². The number of carbonyl (C=O) groups is 1. The number of nitrogens with zero attached hydrogens (tertiary/aromatic N) is 5. The predicted molar refractivity (Wildman–Crippen MR) is 173 cm³/mol. The fraction of sp³-hybridized carbons (Fsp3) is 0.152. The van der Waals surface area contributed by atoms with E-state index in [0.717, 1.165) is 23.6 Å². The number of carbonyl (C=O) groups excluding carboxylic acids is 1. The number of halogens is 3. The molecule has 47 heavy (non-hydrogen) atoms. The Labute approximate surface area is 265 Å². The highest BCUT2D eigenvalue weighted by Gasteiger charge is 2.29. The Morgan fingerprint density at radius 2 is 1.77 bits per heavy atom. The molecule has 0 atom stereocenters. The van der Waals surface area contributed by atoms with Crippen molar-refractivity contribution in [3.8, 4) is 22.6 Å². The lowest BCUT2D eigenvalue weighted by atomic mass is 10.0. The molecule has 0 aliphatic heterocycles. The smallest absolute Gasteiger partial charge is 0.286 e. The summed E-state index contributed by atoms with van der Waals surface area (Å²) in [5, 5.41) is 3.94. The molecule has 0 radical (unpaired) electrons. The fourth-order valence-corrected chi connectivity index (χ4v) is 6.20. The number of nitrogens with one attached hydrogen (secondary N) is 1. The van der Waals surface area contributed by atoms with Gasteiger partial charge in [0.15, 0.2) is 0 Å². The van der Waals surface area contributed by atoms with E-state index in [1.54, 1.807) is 41.1 Å². The van der Waals surface area contributed by atoms with Gasteiger partial charge in [0.25, 0.3) is 11.8 Å². The molecule has 0 aliphatic rings. The Morgan fingerprint density at radius 1 is 0.979 bits per heavy atom. The largest absolute Gasteiger partial charge is 0.455 e. The summed E-state index contributed by atoms with van der Waals surface area (Å²) in [6, 6.07) is 13.8. The number of alkyl halides is 2. The normalized spacial score (nSPS) is 12.4. The molecule has 5 aromatic heterocycles. The van der Waals surface area contributed by atoms with Gasteiger partial charge < -0.3 is 9.73 Å². The van der Waals surface area contributed by atoms with E-state index in [-0.39, 0.29) is 34.0 Å². The Bertz CT molecular complexity index is 2520. The van der Waals surface area contributed by atoms with E-state index in [0.29, 0.717) is 44.0 Å². The maximum absolute atomic E-state index is 14.7. The van der Waals surface area contributed by atoms with Crippen molar-refractivity contribution in [2.24, 2.45) is 0 Å². The zero-order valence-corrected chi connectivity index (χ0v) is 26.2. The number of hydrogen-bond donors (Lipinski definition) is 1. The summed E-state index contributed by atoms with van der Waals surface area (Å²) in [6.45, 7) is 0.729. The molecular weight excluding hydrogens is 633 g/mol. The van der Waals surface area contributed by atoms with E-state index in [4.69, 9.17) is 4.42 Å². The highest BCUT2D eigenvalue weighted by molar-refractivity contribution is 7.92. The third-order valence-corrected chi connectivity index (χ3v) is 9.34. The van der Waals surface area contributed by atoms with Crippen LogP contribution in [0.2, 0.25) is 0 Å². The van der Waals surface area contributed by atoms with Gasteiger partial charge in [-0.3, -0.25) is 23.5 Å². The number of furan rings is 1. The van der Waals surface area contributed by atoms with E-state index < -0.39 is 27.5 Å². The van der Waals surface area contributed by atoms with Gasteiger partial charge in [-0.15, -0.1) is 0 Å². The van der Waals surface area contributed by atoms with Gasteiger partial charge in [0.1, 0.15) is 29.2 Å². The van der Waals surface area contributed by atoms with Gasteiger partial charge in [0, 0.05) is 60.6 Å². The first kappa shape index (κ1) is 30.2. The van der Waals surface area contributed by atoms with Crippen LogP contribution in [0, 0.1) is 5.82 Å². The van der Waals surface area contributed by atoms with Crippen LogP contribution in [0.25, 0.3) is 60.9 Å². The van der Waals surface area contributed by atoms with Gasteiger partial charge in [-0.05, 0) is 42.5 Å². The predicted octanol–water partition coefficient (Wildman–Crippen LogP) is 6.52. The number of rotatable bonds is 6. The summed E-state index contributed by atoms with van der Waals surface area (Å²) in [5.41, 5.74) is 2.74. The standard InChI is InChI=1S/C33H25F3N6O4S/c1-33(35,36)29-9-8-17(14-39-29)31-30(32(43)37-2)21-10-19(26(13-28(21)46-31)41(3)47(4,44)45)23-11-20-24(15-38-23)40-16-42-25-7-5-6-22(34)18(25)12-27(20)42/h5-16H,1-4H3,(H,37,43). The first-order valence-electron chi connectivity index (χ1n) is 14.2. The minimum Gasteiger partial charge on any atom is -0.455 e. The second kappa shape index (κ2) is 10.5. The minimum atomic E-state index is -3.80. The van der Waals surface area contributed by atoms with Gasteiger partial charge >= 0.3 is 0 Å². The topological polar surface area (TPSA) is 123 Å². The minimum absolute atomic E-state index is 0.0576. The van der Waals surface area contributed by atoms with Gasteiger partial charge in [0.2, 0.25) is 10.0 Å². The molecule has 0 spiro atoms. The van der Waals surface area contributed by atoms with Crippen LogP contribution in [0.15, 0.2) is 77.7 Å². The molecule has 0 aliphatic carbocycles. The van der Waals surface area contributed by atoms with E-state index in [1.807, 2.05) is 0 Å². The highest BCUT2D eigenvalue weighted by atomic mass is 32.2. The summed E-state index contributed by atoms with van der Waals surface area (Å²) < 4.78 is 77.0. The lowest BCUT2D eigenvalue weighted by molar-refractivity contribution is 0.0128. The molecule has 7 aromatic rings. The molecule has 14 heteroatoms. The second-order valence-corrected chi connectivity index (χ2v) is 13.2. The number of anilines is 1. The average molecular weight is 659 g/mol. The van der Waals surface area contributed by atoms with E-state index in [9.17, 15) is 26.4 Å². The number of amides is 1. The lowest BCUT2D eigenvalue weighted by Crippen LogP contribution is -2.25. The summed E-state index contributed by atoms with van der Waals surface area (Å²) >= 11 is 0. The molecular formula is C33H25F3N6O4S. The third-order valence-electron chi connectivity index (χ3n) is 8.15. The number of fused-ring (bicyclic) bond motifs is 6. The maximum Gasteiger partial charge on any atom is 0.286 e. The summed E-state index contributed by atoms with van der Waals surface area (Å²) in [6.07, 6.45) is 5.35. The van der Waals surface area contributed by atoms with Crippen LogP contribution in [0.3, 0.4) is 0 Å². The Morgan fingerprint density at radius 3 is 2.45 bits per heavy atom. The molecule has 0 fully saturated rings. The van der Waals surface area contributed by atoms with Crippen LogP contribution < -0.4 is 9.62 Å². The molecule has 1 amide bonds. The van der Waals surface area contributed by atoms with Crippen molar-refractivity contribution < 1.29 is 30.8 Å². The van der Waals surface area contributed by atoms with Crippen LogP contribution >= 0.6 is 0 Å². The van der Waals surface area contributed by atoms with Crippen molar-refractivity contribution in [1.29, 1.82) is 0 Å². The average Bonchev–Trinajstić information content (AvgIpc) is 3.62. The van der Waals surface area contributed by atoms with Crippen molar-refractivity contribution in [3.63, 3.8) is 0 Å². The number of sulfonamides is 1. The van der Waals surface area contributed by atoms with E-state index in [1.165, 1.54) is 44.7 Å². The summed E-state index contributed by atoms with van der Waals surface area (Å²) in [7, 11) is -0.994. The number of hydrogen-bond acceptors (Lipinski definition) is 7. The maximum atomic E-state index is 14.7. The van der Waals surface area contributed by atoms with Crippen molar-refractivity contribution in [1.82, 2.24) is 24.7 Å². The fourth-order valence-electron chi connectivity index (χ4n) is 5.69. The van der Waals surface area contributed by atoms with Gasteiger partial charge in [-0.2, -0.15) is 8.78 Å². The third kappa shape index (κ3) is 4.92. The Hall–Kier alpha value is -5.50. The lowest BCUT2D eigenvalue weighted by Gasteiger charge is -2.20. The molecule has 0 saturated carbocycles. The first-order valence-corrected chi connectivity index (χ1v) is 16.1. The Kier molecular flexibility index (Phi) is 6.75. The zero-order valence-electron chi connectivity index (χ0n) is 25.3. The number of pyridine rings is 2. The SMILES string of the molecule is CNC(=O)c1c(-c2ccc(C(C)(F)F)nc2)oc2cc(N(C)S(C)(=O)=O)c(-c3cc4c(cn3)ncn3c5cccc(F)c5cc43)cc12. The van der Waals surface area contributed by atoms with Crippen LogP contribution in [0.5, 0.6) is 0 Å². The molecule has 238 valence electrons. The van der Waals surface area contributed by atoms with Gasteiger partial charge in [-0.1, -0.05) is 6.07 Å². The molecule has 0 bridgehead atoms. The quantitative estimate of drug-likeness (QED) is 0.216. The van der Waals surface area contributed by atoms with Gasteiger partial charge in [-0.25, -0.2) is 17.8 Å². The number of aromatic nitrogens is 4. The van der Waals surface area contributed by atoms with Crippen molar-refractivity contribution in [2.45, 2.75) is 12.8 Å². The molecule has 2 aromatic carbocycles. The molecule has 0 saturated heterocycles. The van der Waals surface area contributed by atoms with Crippen molar-refractivity contribution in [2.75, 3.05) is 24.7 Å². The van der Waals surface area contributed by atoms with E-state index in [2.05, 4.69) is 20.3 Å². The molecule has 5 heterocycles. The number of benzene rings is 2. The Balaban J connectivity index is 1.51. The van der Waals surface area contributed by atoms with Crippen molar-refractivity contribution >= 4 is 59.9 Å². The van der Waals surface area contributed by atoms with Crippen LogP contribution in [-0.2, 0) is 15.9 Å². The van der Waals surface area contributed by atoms with Gasteiger partial charge in [0.05, 0.1) is 45.9 Å². The zero-order chi connectivity index (χ0) is 33.4. The first-order chi connectivity index (χ1) is 22.3. The highest BCUT2D eigenvalue weighted by Crippen LogP contribution is 2.42. The van der Waals surface area contributed by atoms with Crippen molar-refractivity contribution in [3.05, 3.63) is 90.4 Å². The molecule has 10 nitrogen and oxygen atoms in total. The van der Waals surface area contributed by atoms with Crippen LogP contribution in [-0.4, -0.2) is 54.0 Å². The molecule has 1 N–H and O–H groups in total. The molecule has 7 rings (SSSR count).